The molecule has 7 nitrogen and oxygen atoms in total. The first-order chi connectivity index (χ1) is 9.54. The van der Waals surface area contributed by atoms with Crippen LogP contribution in [0.25, 0.3) is 0 Å². The molecular formula is C13H23N5O2. The third kappa shape index (κ3) is 2.87. The minimum absolute atomic E-state index is 0.204. The molecule has 7 heteroatoms. The van der Waals surface area contributed by atoms with Gasteiger partial charge in [0.25, 0.3) is 5.56 Å². The van der Waals surface area contributed by atoms with Crippen LogP contribution >= 0.6 is 0 Å². The van der Waals surface area contributed by atoms with E-state index in [4.69, 9.17) is 5.73 Å². The molecule has 1 saturated heterocycles. The van der Waals surface area contributed by atoms with Crippen LogP contribution in [0.3, 0.4) is 0 Å². The van der Waals surface area contributed by atoms with E-state index in [1.807, 2.05) is 6.92 Å². The number of nitrogens with two attached hydrogens (primary N) is 1. The maximum atomic E-state index is 11.8. The molecule has 4 N–H and O–H groups in total. The number of nitrogen functional groups attached to an aromatic ring is 1. The van der Waals surface area contributed by atoms with Crippen LogP contribution in [0.15, 0.2) is 9.59 Å². The number of H-pyrrole nitrogens is 1. The van der Waals surface area contributed by atoms with Crippen molar-refractivity contribution >= 4 is 11.5 Å². The molecule has 1 atom stereocenters. The molecule has 0 radical (unpaired) electrons. The lowest BCUT2D eigenvalue weighted by Crippen LogP contribution is -2.38. The fourth-order valence-electron chi connectivity index (χ4n) is 2.63. The van der Waals surface area contributed by atoms with E-state index < -0.39 is 11.2 Å². The molecule has 0 spiro atoms. The Bertz CT molecular complexity index is 571. The highest BCUT2D eigenvalue weighted by Gasteiger charge is 2.19. The third-order valence-electron chi connectivity index (χ3n) is 3.89. The molecule has 0 amide bonds. The monoisotopic (exact) mass is 281 g/mol. The second kappa shape index (κ2) is 6.13. The molecule has 1 aliphatic rings. The fraction of sp³-hybridized carbons (Fsp3) is 0.692. The minimum Gasteiger partial charge on any atom is -0.383 e. The zero-order chi connectivity index (χ0) is 14.7. The van der Waals surface area contributed by atoms with Crippen molar-refractivity contribution < 1.29 is 0 Å². The van der Waals surface area contributed by atoms with Gasteiger partial charge in [-0.1, -0.05) is 0 Å². The Labute approximate surface area is 117 Å². The molecule has 1 fully saturated rings. The van der Waals surface area contributed by atoms with Crippen LogP contribution in [-0.4, -0.2) is 40.1 Å². The molecule has 112 valence electrons. The van der Waals surface area contributed by atoms with Gasteiger partial charge in [-0.05, 0) is 39.8 Å². The number of aromatic amines is 1. The van der Waals surface area contributed by atoms with Gasteiger partial charge >= 0.3 is 5.69 Å². The van der Waals surface area contributed by atoms with Crippen LogP contribution in [0, 0.1) is 0 Å². The van der Waals surface area contributed by atoms with Crippen LogP contribution in [0.1, 0.15) is 26.7 Å². The van der Waals surface area contributed by atoms with Crippen molar-refractivity contribution in [2.45, 2.75) is 39.3 Å². The lowest BCUT2D eigenvalue weighted by molar-refractivity contribution is 0.269. The summed E-state index contributed by atoms with van der Waals surface area (Å²) in [5, 5.41) is 3.09. The third-order valence-corrected chi connectivity index (χ3v) is 3.89. The number of anilines is 2. The first-order valence-electron chi connectivity index (χ1n) is 7.15. The van der Waals surface area contributed by atoms with Gasteiger partial charge in [0.05, 0.1) is 0 Å². The zero-order valence-corrected chi connectivity index (χ0v) is 12.1. The largest absolute Gasteiger partial charge is 0.383 e. The van der Waals surface area contributed by atoms with Gasteiger partial charge in [-0.15, -0.1) is 0 Å². The highest BCUT2D eigenvalue weighted by atomic mass is 16.2. The summed E-state index contributed by atoms with van der Waals surface area (Å²) in [6.45, 7) is 7.20. The number of hydrogen-bond donors (Lipinski definition) is 3. The first kappa shape index (κ1) is 14.6. The van der Waals surface area contributed by atoms with Gasteiger partial charge in [-0.3, -0.25) is 19.2 Å². The van der Waals surface area contributed by atoms with Gasteiger partial charge in [0.15, 0.2) is 0 Å². The highest BCUT2D eigenvalue weighted by molar-refractivity contribution is 5.60. The van der Waals surface area contributed by atoms with Crippen molar-refractivity contribution in [3.8, 4) is 0 Å². The number of nitrogens with one attached hydrogen (secondary N) is 2. The predicted octanol–water partition coefficient (Wildman–Crippen LogP) is 0.0349. The Morgan fingerprint density at radius 1 is 1.35 bits per heavy atom. The SMILES string of the molecule is CCn1c(N)c(NCC(C)N2CCCC2)c(=O)[nH]c1=O. The summed E-state index contributed by atoms with van der Waals surface area (Å²) in [5.74, 6) is 0.204. The normalized spacial score (nSPS) is 17.3. The van der Waals surface area contributed by atoms with Crippen molar-refractivity contribution in [2.75, 3.05) is 30.7 Å². The molecule has 1 aromatic heterocycles. The quantitative estimate of drug-likeness (QED) is 0.708. The van der Waals surface area contributed by atoms with E-state index >= 15 is 0 Å². The Morgan fingerprint density at radius 2 is 2.00 bits per heavy atom. The molecule has 0 aliphatic carbocycles. The highest BCUT2D eigenvalue weighted by Crippen LogP contribution is 2.14. The van der Waals surface area contributed by atoms with Crippen LogP contribution < -0.4 is 22.3 Å². The topological polar surface area (TPSA) is 96.2 Å². The zero-order valence-electron chi connectivity index (χ0n) is 12.1. The predicted molar refractivity (Wildman–Crippen MR) is 80.2 cm³/mol. The van der Waals surface area contributed by atoms with Crippen molar-refractivity contribution in [1.29, 1.82) is 0 Å². The smallest absolute Gasteiger partial charge is 0.330 e. The van der Waals surface area contributed by atoms with Crippen LogP contribution in [0.2, 0.25) is 0 Å². The van der Waals surface area contributed by atoms with Crippen molar-refractivity contribution in [2.24, 2.45) is 0 Å². The van der Waals surface area contributed by atoms with E-state index in [1.54, 1.807) is 0 Å². The van der Waals surface area contributed by atoms with E-state index in [0.29, 0.717) is 19.1 Å². The molecule has 2 heterocycles. The van der Waals surface area contributed by atoms with Crippen LogP contribution in [0.5, 0.6) is 0 Å². The second-order valence-electron chi connectivity index (χ2n) is 5.24. The van der Waals surface area contributed by atoms with Gasteiger partial charge in [0.2, 0.25) is 0 Å². The number of rotatable bonds is 5. The average molecular weight is 281 g/mol. The molecule has 0 bridgehead atoms. The summed E-state index contributed by atoms with van der Waals surface area (Å²) in [6, 6.07) is 0.332. The lowest BCUT2D eigenvalue weighted by atomic mass is 10.3. The Kier molecular flexibility index (Phi) is 4.49. The Balaban J connectivity index is 2.13. The van der Waals surface area contributed by atoms with Gasteiger partial charge in [0, 0.05) is 19.1 Å². The number of hydrogen-bond acceptors (Lipinski definition) is 5. The molecule has 1 aliphatic heterocycles. The Hall–Kier alpha value is -1.76. The van der Waals surface area contributed by atoms with E-state index in [1.165, 1.54) is 17.4 Å². The summed E-state index contributed by atoms with van der Waals surface area (Å²) >= 11 is 0. The van der Waals surface area contributed by atoms with E-state index in [0.717, 1.165) is 13.1 Å². The van der Waals surface area contributed by atoms with Crippen LogP contribution in [0.4, 0.5) is 11.5 Å². The molecule has 20 heavy (non-hydrogen) atoms. The van der Waals surface area contributed by atoms with Gasteiger partial charge in [0.1, 0.15) is 11.5 Å². The number of likely N-dealkylation sites (tertiary alicyclic amines) is 1. The number of aromatic nitrogens is 2. The van der Waals surface area contributed by atoms with E-state index in [9.17, 15) is 9.59 Å². The molecule has 2 rings (SSSR count). The first-order valence-corrected chi connectivity index (χ1v) is 7.15. The second-order valence-corrected chi connectivity index (χ2v) is 5.24. The molecule has 0 aromatic carbocycles. The average Bonchev–Trinajstić information content (AvgIpc) is 2.92. The minimum atomic E-state index is -0.465. The maximum Gasteiger partial charge on any atom is 0.330 e. The summed E-state index contributed by atoms with van der Waals surface area (Å²) < 4.78 is 1.35. The summed E-state index contributed by atoms with van der Waals surface area (Å²) in [6.07, 6.45) is 2.46. The lowest BCUT2D eigenvalue weighted by Gasteiger charge is -2.24. The van der Waals surface area contributed by atoms with Crippen molar-refractivity contribution in [3.05, 3.63) is 20.8 Å². The van der Waals surface area contributed by atoms with Gasteiger partial charge in [-0.2, -0.15) is 0 Å². The van der Waals surface area contributed by atoms with Crippen molar-refractivity contribution in [3.63, 3.8) is 0 Å². The summed E-state index contributed by atoms with van der Waals surface area (Å²) in [4.78, 5) is 28.1. The molecule has 0 saturated carbocycles. The van der Waals surface area contributed by atoms with Gasteiger partial charge < -0.3 is 11.1 Å². The van der Waals surface area contributed by atoms with Crippen molar-refractivity contribution in [1.82, 2.24) is 14.5 Å². The van der Waals surface area contributed by atoms with Gasteiger partial charge in [-0.25, -0.2) is 4.79 Å². The fourth-order valence-corrected chi connectivity index (χ4v) is 2.63. The van der Waals surface area contributed by atoms with Crippen LogP contribution in [-0.2, 0) is 6.54 Å². The number of nitrogens with zero attached hydrogens (tertiary/aromatic N) is 2. The van der Waals surface area contributed by atoms with E-state index in [2.05, 4.69) is 22.1 Å². The maximum absolute atomic E-state index is 11.8. The Morgan fingerprint density at radius 3 is 2.60 bits per heavy atom. The summed E-state index contributed by atoms with van der Waals surface area (Å²) in [7, 11) is 0. The standard InChI is InChI=1S/C13H23N5O2/c1-3-18-11(14)10(12(19)16-13(18)20)15-8-9(2)17-6-4-5-7-17/h9,15H,3-8,14H2,1-2H3,(H,16,19,20). The molecular weight excluding hydrogens is 258 g/mol. The van der Waals surface area contributed by atoms with E-state index in [-0.39, 0.29) is 11.5 Å². The summed E-state index contributed by atoms with van der Waals surface area (Å²) in [5.41, 5.74) is 5.27. The molecule has 1 aromatic rings. The molecule has 1 unspecified atom stereocenters.